The molecule has 1 aliphatic rings. The summed E-state index contributed by atoms with van der Waals surface area (Å²) in [6.07, 6.45) is 5.70. The van der Waals surface area contributed by atoms with Crippen LogP contribution in [-0.2, 0) is 0 Å². The number of ether oxygens (including phenoxy) is 8. The van der Waals surface area contributed by atoms with Crippen LogP contribution >= 0.6 is 0 Å². The molecule has 6 heterocycles. The van der Waals surface area contributed by atoms with Gasteiger partial charge < -0.3 is 42.9 Å². The molecule has 0 fully saturated rings. The number of pyridine rings is 1. The van der Waals surface area contributed by atoms with E-state index in [1.807, 2.05) is 103 Å². The van der Waals surface area contributed by atoms with Gasteiger partial charge >= 0.3 is 0 Å². The normalized spacial score (nSPS) is 11.6. The number of fused-ring (bicyclic) bond motifs is 4. The molecule has 13 heteroatoms. The molecule has 6 bridgehead atoms. The number of benzene rings is 4. The van der Waals surface area contributed by atoms with Gasteiger partial charge in [0, 0.05) is 69.1 Å². The van der Waals surface area contributed by atoms with Crippen molar-refractivity contribution in [1.29, 1.82) is 0 Å². The minimum atomic E-state index is -0.294. The Morgan fingerprint density at radius 3 is 1.24 bits per heavy atom. The van der Waals surface area contributed by atoms with Gasteiger partial charge in [-0.3, -0.25) is 14.2 Å². The van der Waals surface area contributed by atoms with E-state index in [2.05, 4.69) is 4.98 Å². The number of aromatic amines is 1. The summed E-state index contributed by atoms with van der Waals surface area (Å²) >= 11 is 0. The largest absolute Gasteiger partial charge is 0.497 e. The highest BCUT2D eigenvalue weighted by molar-refractivity contribution is 6.15. The van der Waals surface area contributed by atoms with E-state index in [1.165, 1.54) is 0 Å². The van der Waals surface area contributed by atoms with Crippen molar-refractivity contribution in [1.82, 2.24) is 19.4 Å². The summed E-state index contributed by atoms with van der Waals surface area (Å²) < 4.78 is 48.1. The predicted octanol–water partition coefficient (Wildman–Crippen LogP) is 10.7. The second kappa shape index (κ2) is 16.6. The van der Waals surface area contributed by atoms with Crippen LogP contribution in [0.15, 0.2) is 108 Å². The van der Waals surface area contributed by atoms with Crippen LogP contribution < -0.4 is 43.5 Å². The molecule has 5 aromatic heterocycles. The molecule has 13 nitrogen and oxygen atoms in total. The van der Waals surface area contributed by atoms with Crippen molar-refractivity contribution in [3.63, 3.8) is 0 Å². The van der Waals surface area contributed by atoms with Crippen LogP contribution in [0.5, 0.6) is 46.0 Å². The number of hydrogen-bond acceptors (Lipinski definition) is 11. The molecule has 1 aliphatic heterocycles. The van der Waals surface area contributed by atoms with E-state index in [9.17, 15) is 0 Å². The fourth-order valence-corrected chi connectivity index (χ4v) is 9.00. The number of hydrogen-bond donors (Lipinski definition) is 1. The number of rotatable bonds is 12. The molecule has 0 atom stereocenters. The second-order valence-corrected chi connectivity index (χ2v) is 15.5. The van der Waals surface area contributed by atoms with Crippen LogP contribution in [0.2, 0.25) is 0 Å². The molecular weight excluding hydrogens is 837 g/mol. The highest BCUT2D eigenvalue weighted by atomic mass is 16.5. The number of methoxy groups -OCH3 is 8. The van der Waals surface area contributed by atoms with E-state index >= 15 is 4.79 Å². The average molecular weight is 881 g/mol. The van der Waals surface area contributed by atoms with Crippen molar-refractivity contribution in [3.8, 4) is 90.5 Å². The standard InChI is InChI=1S/C53H44N4O9/c1-59-32-15-28(16-33(23-32)60-2)47-40-27-54-52-50(31-21-38(65-7)26-39(22-31)66-8)44-12-10-42(56-44)48(29-17-34(61-3)24-35(18-29)62-4)41-9-11-43(55-41)49(30-19-36(63-5)25-37(20-30)64-6)46-14-13-45(47)57(46)53(58)51(40)52/h9-27,56H,1-8H3. The van der Waals surface area contributed by atoms with Gasteiger partial charge in [0.05, 0.1) is 90.2 Å². The monoisotopic (exact) mass is 880 g/mol. The first-order valence-electron chi connectivity index (χ1n) is 20.9. The zero-order chi connectivity index (χ0) is 45.8. The smallest absolute Gasteiger partial charge is 0.265 e. The topological polar surface area (TPSA) is 137 Å². The van der Waals surface area contributed by atoms with Gasteiger partial charge in [0.15, 0.2) is 0 Å². The van der Waals surface area contributed by atoms with Crippen LogP contribution in [0.1, 0.15) is 11.4 Å². The fourth-order valence-electron chi connectivity index (χ4n) is 9.00. The Hall–Kier alpha value is -8.45. The molecule has 1 N–H and O–H groups in total. The van der Waals surface area contributed by atoms with Gasteiger partial charge in [0.25, 0.3) is 5.56 Å². The van der Waals surface area contributed by atoms with E-state index in [4.69, 9.17) is 47.9 Å². The molecule has 0 radical (unpaired) electrons. The molecule has 0 amide bonds. The summed E-state index contributed by atoms with van der Waals surface area (Å²) in [5.41, 5.74) is 9.72. The zero-order valence-corrected chi connectivity index (χ0v) is 37.5. The second-order valence-electron chi connectivity index (χ2n) is 15.5. The lowest BCUT2D eigenvalue weighted by Gasteiger charge is -2.14. The van der Waals surface area contributed by atoms with Gasteiger partial charge in [0.1, 0.15) is 46.0 Å². The Kier molecular flexibility index (Phi) is 10.4. The first kappa shape index (κ1) is 41.6. The lowest BCUT2D eigenvalue weighted by molar-refractivity contribution is 0.394. The Bertz CT molecular complexity index is 3490. The van der Waals surface area contributed by atoms with Gasteiger partial charge in [-0.1, -0.05) is 0 Å². The third-order valence-corrected chi connectivity index (χ3v) is 12.1. The van der Waals surface area contributed by atoms with Gasteiger partial charge in [-0.2, -0.15) is 0 Å². The number of aromatic nitrogens is 4. The van der Waals surface area contributed by atoms with E-state index in [0.29, 0.717) is 112 Å². The molecule has 9 aromatic rings. The minimum Gasteiger partial charge on any atom is -0.497 e. The van der Waals surface area contributed by atoms with E-state index in [1.54, 1.807) is 73.5 Å². The molecule has 330 valence electrons. The SMILES string of the molecule is COc1cc(OC)cc(-c2c3nc(c(-c4cc(OC)cc(OC)c4)c4ccc5c(-c6cc(OC)cc(OC)c6)c6cnc(c(-c7cc(OC)cc(OC)c7)c7ccc2[nH]7)c6c(=O)n45)C=C3)c1. The van der Waals surface area contributed by atoms with Crippen LogP contribution in [-0.4, -0.2) is 76.2 Å². The molecule has 0 aliphatic carbocycles. The van der Waals surface area contributed by atoms with E-state index < -0.39 is 0 Å². The van der Waals surface area contributed by atoms with Crippen LogP contribution in [0.3, 0.4) is 0 Å². The van der Waals surface area contributed by atoms with Gasteiger partial charge in [-0.15, -0.1) is 0 Å². The summed E-state index contributed by atoms with van der Waals surface area (Å²) in [6, 6.07) is 30.6. The molecule has 0 spiro atoms. The molecule has 0 saturated carbocycles. The maximum absolute atomic E-state index is 15.9. The van der Waals surface area contributed by atoms with Crippen molar-refractivity contribution in [2.75, 3.05) is 56.9 Å². The average Bonchev–Trinajstić information content (AvgIpc) is 4.20. The summed E-state index contributed by atoms with van der Waals surface area (Å²) in [4.78, 5) is 30.2. The minimum absolute atomic E-state index is 0.294. The van der Waals surface area contributed by atoms with Crippen molar-refractivity contribution in [3.05, 3.63) is 125 Å². The van der Waals surface area contributed by atoms with Crippen molar-refractivity contribution in [2.45, 2.75) is 0 Å². The van der Waals surface area contributed by atoms with Gasteiger partial charge in [-0.05, 0) is 107 Å². The zero-order valence-electron chi connectivity index (χ0n) is 37.5. The summed E-state index contributed by atoms with van der Waals surface area (Å²) in [7, 11) is 12.9. The Balaban J connectivity index is 1.50. The van der Waals surface area contributed by atoms with E-state index in [-0.39, 0.29) is 5.56 Å². The number of nitrogens with one attached hydrogen (secondary N) is 1. The van der Waals surface area contributed by atoms with Crippen LogP contribution in [0.25, 0.3) is 95.0 Å². The van der Waals surface area contributed by atoms with Crippen LogP contribution in [0, 0.1) is 0 Å². The van der Waals surface area contributed by atoms with Gasteiger partial charge in [0.2, 0.25) is 0 Å². The maximum Gasteiger partial charge on any atom is 0.265 e. The molecule has 66 heavy (non-hydrogen) atoms. The van der Waals surface area contributed by atoms with Crippen molar-refractivity contribution < 1.29 is 37.9 Å². The number of H-pyrrole nitrogens is 1. The Labute approximate surface area is 379 Å². The summed E-state index contributed by atoms with van der Waals surface area (Å²) in [6.45, 7) is 0. The quantitative estimate of drug-likeness (QED) is 0.126. The lowest BCUT2D eigenvalue weighted by atomic mass is 9.98. The summed E-state index contributed by atoms with van der Waals surface area (Å²) in [5, 5.41) is 1.00. The molecule has 0 saturated heterocycles. The third-order valence-electron chi connectivity index (χ3n) is 12.1. The summed E-state index contributed by atoms with van der Waals surface area (Å²) in [5.74, 6) is 4.59. The molecular formula is C53H44N4O9. The molecule has 10 rings (SSSR count). The van der Waals surface area contributed by atoms with Crippen LogP contribution in [0.4, 0.5) is 0 Å². The van der Waals surface area contributed by atoms with Gasteiger partial charge in [-0.25, -0.2) is 4.98 Å². The molecule has 0 unspecified atom stereocenters. The Morgan fingerprint density at radius 2 is 0.803 bits per heavy atom. The van der Waals surface area contributed by atoms with Crippen molar-refractivity contribution >= 4 is 50.5 Å². The Morgan fingerprint density at radius 1 is 0.439 bits per heavy atom. The highest BCUT2D eigenvalue weighted by Crippen LogP contribution is 2.44. The predicted molar refractivity (Wildman–Crippen MR) is 258 cm³/mol. The van der Waals surface area contributed by atoms with Crippen molar-refractivity contribution in [2.24, 2.45) is 0 Å². The highest BCUT2D eigenvalue weighted by Gasteiger charge is 2.25. The fraction of sp³-hybridized carbons (Fsp3) is 0.151. The molecule has 4 aromatic carbocycles. The number of nitrogens with zero attached hydrogens (tertiary/aromatic N) is 3. The third kappa shape index (κ3) is 6.83. The van der Waals surface area contributed by atoms with E-state index in [0.717, 1.165) is 27.8 Å². The first-order chi connectivity index (χ1) is 32.2. The lowest BCUT2D eigenvalue weighted by Crippen LogP contribution is -2.13. The maximum atomic E-state index is 15.9. The first-order valence-corrected chi connectivity index (χ1v) is 20.9.